The molecule has 7 heteroatoms. The molecule has 5 nitrogen and oxygen atoms in total. The molecule has 0 saturated carbocycles. The summed E-state index contributed by atoms with van der Waals surface area (Å²) in [5.41, 5.74) is 0.879. The second-order valence-corrected chi connectivity index (χ2v) is 9.04. The number of para-hydroxylation sites is 1. The minimum Gasteiger partial charge on any atom is -0.459 e. The van der Waals surface area contributed by atoms with Gasteiger partial charge in [0.2, 0.25) is 0 Å². The van der Waals surface area contributed by atoms with Gasteiger partial charge in [-0.15, -0.1) is 24.0 Å². The van der Waals surface area contributed by atoms with Crippen molar-refractivity contribution in [2.75, 3.05) is 19.3 Å². The topological polar surface area (TPSA) is 66.6 Å². The lowest BCUT2D eigenvalue weighted by Crippen LogP contribution is -2.41. The normalized spacial score (nSPS) is 14.7. The van der Waals surface area contributed by atoms with Crippen LogP contribution in [0.5, 0.6) is 0 Å². The zero-order valence-electron chi connectivity index (χ0n) is 15.5. The molecule has 2 rings (SSSR count). The highest BCUT2D eigenvalue weighted by Gasteiger charge is 2.19. The summed E-state index contributed by atoms with van der Waals surface area (Å²) in [6, 6.07) is 9.97. The van der Waals surface area contributed by atoms with Crippen molar-refractivity contribution in [2.24, 2.45) is 4.99 Å². The number of aliphatic imine (C=N–C) groups is 1. The quantitative estimate of drug-likeness (QED) is 0.391. The van der Waals surface area contributed by atoms with Crippen molar-refractivity contribution >= 4 is 51.7 Å². The monoisotopic (exact) mass is 477 g/mol. The van der Waals surface area contributed by atoms with Gasteiger partial charge in [-0.3, -0.25) is 9.20 Å². The molecule has 0 bridgehead atoms. The van der Waals surface area contributed by atoms with Crippen LogP contribution in [-0.2, 0) is 10.8 Å². The Hall–Kier alpha value is -1.09. The van der Waals surface area contributed by atoms with Crippen LogP contribution in [-0.4, -0.2) is 34.3 Å². The first kappa shape index (κ1) is 22.0. The third-order valence-corrected chi connectivity index (χ3v) is 5.65. The Morgan fingerprint density at radius 1 is 1.32 bits per heavy atom. The minimum atomic E-state index is -0.879. The third kappa shape index (κ3) is 6.29. The average molecular weight is 477 g/mol. The van der Waals surface area contributed by atoms with Crippen molar-refractivity contribution in [3.05, 3.63) is 36.1 Å². The molecule has 1 aromatic heterocycles. The zero-order valence-corrected chi connectivity index (χ0v) is 18.6. The maximum atomic E-state index is 12.1. The van der Waals surface area contributed by atoms with Gasteiger partial charge in [0.05, 0.1) is 6.04 Å². The second-order valence-electron chi connectivity index (χ2n) is 6.71. The van der Waals surface area contributed by atoms with E-state index in [1.54, 1.807) is 7.05 Å². The average Bonchev–Trinajstić information content (AvgIpc) is 2.96. The van der Waals surface area contributed by atoms with Crippen LogP contribution < -0.4 is 10.6 Å². The molecule has 0 aliphatic carbocycles. The van der Waals surface area contributed by atoms with Crippen molar-refractivity contribution in [2.45, 2.75) is 38.5 Å². The lowest BCUT2D eigenvalue weighted by Gasteiger charge is -2.19. The molecule has 0 aliphatic heterocycles. The van der Waals surface area contributed by atoms with E-state index in [1.165, 1.54) is 0 Å². The fourth-order valence-electron chi connectivity index (χ4n) is 2.25. The van der Waals surface area contributed by atoms with Gasteiger partial charge < -0.3 is 15.1 Å². The van der Waals surface area contributed by atoms with Gasteiger partial charge >= 0.3 is 0 Å². The molecule has 2 N–H and O–H groups in total. The van der Waals surface area contributed by atoms with E-state index in [1.807, 2.05) is 58.0 Å². The lowest BCUT2D eigenvalue weighted by molar-refractivity contribution is 0.489. The number of benzene rings is 1. The Morgan fingerprint density at radius 2 is 2.00 bits per heavy atom. The van der Waals surface area contributed by atoms with E-state index < -0.39 is 10.8 Å². The molecule has 0 fully saturated rings. The molecular weight excluding hydrogens is 449 g/mol. The summed E-state index contributed by atoms with van der Waals surface area (Å²) in [6.07, 6.45) is 0. The van der Waals surface area contributed by atoms with Crippen LogP contribution in [0.3, 0.4) is 0 Å². The Kier molecular flexibility index (Phi) is 8.40. The van der Waals surface area contributed by atoms with E-state index >= 15 is 0 Å². The number of halogens is 1. The van der Waals surface area contributed by atoms with Crippen LogP contribution in [0.15, 0.2) is 39.7 Å². The summed E-state index contributed by atoms with van der Waals surface area (Å²) < 4.78 is 17.7. The summed E-state index contributed by atoms with van der Waals surface area (Å²) >= 11 is 0. The van der Waals surface area contributed by atoms with Crippen LogP contribution in [0.25, 0.3) is 11.0 Å². The fraction of sp³-hybridized carbons (Fsp3) is 0.500. The molecule has 2 unspecified atom stereocenters. The van der Waals surface area contributed by atoms with Gasteiger partial charge in [-0.05, 0) is 39.8 Å². The van der Waals surface area contributed by atoms with Gasteiger partial charge in [-0.1, -0.05) is 18.2 Å². The minimum absolute atomic E-state index is 0. The van der Waals surface area contributed by atoms with E-state index in [0.29, 0.717) is 18.3 Å². The van der Waals surface area contributed by atoms with Gasteiger partial charge in [0.15, 0.2) is 5.96 Å². The third-order valence-electron chi connectivity index (χ3n) is 3.71. The molecule has 0 amide bonds. The fourth-order valence-corrected chi connectivity index (χ4v) is 3.15. The number of fused-ring (bicyclic) bond motifs is 1. The molecule has 140 valence electrons. The van der Waals surface area contributed by atoms with Gasteiger partial charge in [-0.2, -0.15) is 0 Å². The molecule has 25 heavy (non-hydrogen) atoms. The van der Waals surface area contributed by atoms with Crippen LogP contribution >= 0.6 is 24.0 Å². The second kappa shape index (κ2) is 9.56. The largest absolute Gasteiger partial charge is 0.459 e. The Morgan fingerprint density at radius 3 is 2.60 bits per heavy atom. The summed E-state index contributed by atoms with van der Waals surface area (Å²) in [4.78, 5) is 4.22. The summed E-state index contributed by atoms with van der Waals surface area (Å²) in [5, 5.41) is 7.60. The lowest BCUT2D eigenvalue weighted by atomic mass is 10.2. The predicted molar refractivity (Wildman–Crippen MR) is 117 cm³/mol. The number of rotatable bonds is 5. The van der Waals surface area contributed by atoms with Crippen LogP contribution in [0, 0.1) is 0 Å². The van der Waals surface area contributed by atoms with Crippen LogP contribution in [0.2, 0.25) is 0 Å². The van der Waals surface area contributed by atoms with Crippen molar-refractivity contribution in [3.63, 3.8) is 0 Å². The smallest absolute Gasteiger partial charge is 0.191 e. The maximum Gasteiger partial charge on any atom is 0.191 e. The predicted octanol–water partition coefficient (Wildman–Crippen LogP) is 3.82. The van der Waals surface area contributed by atoms with Crippen LogP contribution in [0.1, 0.15) is 39.5 Å². The highest BCUT2D eigenvalue weighted by atomic mass is 127. The standard InChI is InChI=1S/C18H27N3O2S.HI/c1-13(16-12-14-8-6-7-9-15(14)23-16)21-17(19-5)20-10-11-24(22)18(2,3)4;/h6-9,12-13H,10-11H2,1-5H3,(H2,19,20,21);1H. The Labute approximate surface area is 169 Å². The van der Waals surface area contributed by atoms with Crippen molar-refractivity contribution in [3.8, 4) is 0 Å². The highest BCUT2D eigenvalue weighted by Crippen LogP contribution is 2.23. The first-order chi connectivity index (χ1) is 11.3. The molecule has 0 aliphatic rings. The van der Waals surface area contributed by atoms with Gasteiger partial charge in [0, 0.05) is 40.3 Å². The van der Waals surface area contributed by atoms with E-state index in [0.717, 1.165) is 16.7 Å². The number of furan rings is 1. The first-order valence-corrected chi connectivity index (χ1v) is 9.47. The van der Waals surface area contributed by atoms with Gasteiger partial charge in [0.25, 0.3) is 0 Å². The number of nitrogens with one attached hydrogen (secondary N) is 2. The van der Waals surface area contributed by atoms with E-state index in [9.17, 15) is 4.21 Å². The number of hydrogen-bond donors (Lipinski definition) is 2. The summed E-state index contributed by atoms with van der Waals surface area (Å²) in [5.74, 6) is 2.12. The van der Waals surface area contributed by atoms with Crippen LogP contribution in [0.4, 0.5) is 0 Å². The molecule has 2 aromatic rings. The van der Waals surface area contributed by atoms with Crippen molar-refractivity contribution < 1.29 is 8.63 Å². The highest BCUT2D eigenvalue weighted by molar-refractivity contribution is 14.0. The Balaban J connectivity index is 0.00000312. The van der Waals surface area contributed by atoms with Gasteiger partial charge in [0.1, 0.15) is 11.3 Å². The van der Waals surface area contributed by atoms with E-state index in [2.05, 4.69) is 15.6 Å². The van der Waals surface area contributed by atoms with Crippen molar-refractivity contribution in [1.29, 1.82) is 0 Å². The van der Waals surface area contributed by atoms with Gasteiger partial charge in [-0.25, -0.2) is 0 Å². The number of nitrogens with zero attached hydrogens (tertiary/aromatic N) is 1. The molecule has 0 radical (unpaired) electrons. The molecule has 1 aromatic carbocycles. The first-order valence-electron chi connectivity index (χ1n) is 8.15. The van der Waals surface area contributed by atoms with E-state index in [-0.39, 0.29) is 34.8 Å². The molecular formula is C18H28IN3O2S. The molecule has 0 saturated heterocycles. The molecule has 0 spiro atoms. The zero-order chi connectivity index (χ0) is 17.7. The summed E-state index contributed by atoms with van der Waals surface area (Å²) in [6.45, 7) is 8.59. The maximum absolute atomic E-state index is 12.1. The molecule has 1 heterocycles. The molecule has 2 atom stereocenters. The SMILES string of the molecule is CN=C(NCCS(=O)C(C)(C)C)NC(C)c1cc2ccccc2o1.I. The van der Waals surface area contributed by atoms with E-state index in [4.69, 9.17) is 4.42 Å². The number of hydrogen-bond acceptors (Lipinski definition) is 3. The Bertz CT molecular complexity index is 704. The number of guanidine groups is 1. The van der Waals surface area contributed by atoms with Crippen molar-refractivity contribution in [1.82, 2.24) is 10.6 Å². The summed E-state index contributed by atoms with van der Waals surface area (Å²) in [7, 11) is 0.845.